The van der Waals surface area contributed by atoms with Gasteiger partial charge in [0.25, 0.3) is 5.91 Å². The van der Waals surface area contributed by atoms with Gasteiger partial charge in [0.05, 0.1) is 5.56 Å². The van der Waals surface area contributed by atoms with E-state index in [9.17, 15) is 9.18 Å². The Morgan fingerprint density at radius 1 is 1.28 bits per heavy atom. The van der Waals surface area contributed by atoms with Crippen LogP contribution >= 0.6 is 11.6 Å². The molecule has 5 heteroatoms. The molecule has 1 aromatic rings. The third kappa shape index (κ3) is 5.02. The second-order valence-electron chi connectivity index (χ2n) is 4.02. The average Bonchev–Trinajstić information content (AvgIpc) is 2.33. The molecule has 0 atom stereocenters. The summed E-state index contributed by atoms with van der Waals surface area (Å²) >= 11 is 5.60. The summed E-state index contributed by atoms with van der Waals surface area (Å²) in [4.78, 5) is 11.6. The maximum Gasteiger partial charge on any atom is 0.254 e. The second-order valence-corrected chi connectivity index (χ2v) is 4.45. The fraction of sp³-hybridized carbons (Fsp3) is 0.462. The predicted octanol–water partition coefficient (Wildman–Crippen LogP) is 2.76. The third-order valence-electron chi connectivity index (χ3n) is 2.55. The van der Waals surface area contributed by atoms with E-state index in [-0.39, 0.29) is 17.2 Å². The molecule has 0 saturated heterocycles. The molecule has 1 rings (SSSR count). The van der Waals surface area contributed by atoms with Crippen LogP contribution in [0.15, 0.2) is 18.2 Å². The van der Waals surface area contributed by atoms with Crippen LogP contribution in [0.2, 0.25) is 5.02 Å². The number of hydrogen-bond donors (Lipinski definition) is 2. The molecule has 0 radical (unpaired) electrons. The molecule has 0 unspecified atom stereocenters. The molecule has 0 aromatic heterocycles. The van der Waals surface area contributed by atoms with Gasteiger partial charge < -0.3 is 10.4 Å². The zero-order chi connectivity index (χ0) is 13.4. The van der Waals surface area contributed by atoms with E-state index >= 15 is 0 Å². The molecule has 0 saturated carbocycles. The quantitative estimate of drug-likeness (QED) is 0.751. The Hall–Kier alpha value is -1.13. The molecular weight excluding hydrogens is 257 g/mol. The first kappa shape index (κ1) is 14.9. The summed E-state index contributed by atoms with van der Waals surface area (Å²) in [6.07, 6.45) is 3.46. The molecule has 0 aliphatic rings. The van der Waals surface area contributed by atoms with E-state index in [1.807, 2.05) is 0 Å². The number of carbonyl (C=O) groups is 1. The number of carbonyl (C=O) groups excluding carboxylic acids is 1. The Morgan fingerprint density at radius 2 is 2.00 bits per heavy atom. The van der Waals surface area contributed by atoms with Gasteiger partial charge in [0.2, 0.25) is 0 Å². The molecule has 1 amide bonds. The van der Waals surface area contributed by atoms with E-state index in [1.165, 1.54) is 12.1 Å². The lowest BCUT2D eigenvalue weighted by atomic mass is 10.2. The molecule has 18 heavy (non-hydrogen) atoms. The van der Waals surface area contributed by atoms with Crippen molar-refractivity contribution >= 4 is 17.5 Å². The molecule has 0 heterocycles. The summed E-state index contributed by atoms with van der Waals surface area (Å²) < 4.78 is 13.4. The highest BCUT2D eigenvalue weighted by Crippen LogP contribution is 2.14. The number of rotatable bonds is 7. The van der Waals surface area contributed by atoms with E-state index < -0.39 is 11.7 Å². The first-order valence-electron chi connectivity index (χ1n) is 5.99. The van der Waals surface area contributed by atoms with Gasteiger partial charge in [-0.1, -0.05) is 24.4 Å². The number of benzene rings is 1. The van der Waals surface area contributed by atoms with Gasteiger partial charge in [-0.3, -0.25) is 4.79 Å². The predicted molar refractivity (Wildman–Crippen MR) is 69.3 cm³/mol. The van der Waals surface area contributed by atoms with Crippen LogP contribution in [0.25, 0.3) is 0 Å². The van der Waals surface area contributed by atoms with Crippen molar-refractivity contribution in [2.45, 2.75) is 25.7 Å². The Kier molecular flexibility index (Phi) is 6.68. The Morgan fingerprint density at radius 3 is 2.67 bits per heavy atom. The van der Waals surface area contributed by atoms with Crippen LogP contribution in [0.1, 0.15) is 36.0 Å². The first-order valence-corrected chi connectivity index (χ1v) is 6.37. The second kappa shape index (κ2) is 8.06. The van der Waals surface area contributed by atoms with Crippen molar-refractivity contribution < 1.29 is 14.3 Å². The van der Waals surface area contributed by atoms with Gasteiger partial charge in [-0.25, -0.2) is 4.39 Å². The van der Waals surface area contributed by atoms with Gasteiger partial charge in [-0.15, -0.1) is 0 Å². The summed E-state index contributed by atoms with van der Waals surface area (Å²) in [5.41, 5.74) is 0.00904. The van der Waals surface area contributed by atoms with Crippen molar-refractivity contribution in [1.82, 2.24) is 5.32 Å². The van der Waals surface area contributed by atoms with Crippen molar-refractivity contribution in [3.8, 4) is 0 Å². The molecule has 0 fully saturated rings. The van der Waals surface area contributed by atoms with E-state index in [0.717, 1.165) is 31.7 Å². The minimum Gasteiger partial charge on any atom is -0.396 e. The number of nitrogens with one attached hydrogen (secondary N) is 1. The van der Waals surface area contributed by atoms with Gasteiger partial charge in [0.15, 0.2) is 0 Å². The molecule has 100 valence electrons. The van der Waals surface area contributed by atoms with Gasteiger partial charge in [0, 0.05) is 18.2 Å². The van der Waals surface area contributed by atoms with E-state index in [4.69, 9.17) is 16.7 Å². The lowest BCUT2D eigenvalue weighted by Crippen LogP contribution is -2.25. The molecule has 1 aromatic carbocycles. The molecular formula is C13H17ClFNO2. The molecule has 3 nitrogen and oxygen atoms in total. The molecule has 0 aliphatic heterocycles. The van der Waals surface area contributed by atoms with Crippen molar-refractivity contribution in [1.29, 1.82) is 0 Å². The third-order valence-corrected chi connectivity index (χ3v) is 2.78. The van der Waals surface area contributed by atoms with Crippen molar-refractivity contribution in [2.75, 3.05) is 13.2 Å². The minimum atomic E-state index is -0.611. The fourth-order valence-electron chi connectivity index (χ4n) is 1.56. The lowest BCUT2D eigenvalue weighted by Gasteiger charge is -2.06. The SMILES string of the molecule is O=C(NCCCCCCO)c1ccc(Cl)cc1F. The smallest absolute Gasteiger partial charge is 0.254 e. The number of unbranched alkanes of at least 4 members (excludes halogenated alkanes) is 3. The van der Waals surface area contributed by atoms with Gasteiger partial charge in [0.1, 0.15) is 5.82 Å². The van der Waals surface area contributed by atoms with Crippen molar-refractivity contribution in [2.24, 2.45) is 0 Å². The number of halogens is 2. The largest absolute Gasteiger partial charge is 0.396 e. The first-order chi connectivity index (χ1) is 8.65. The highest BCUT2D eigenvalue weighted by atomic mass is 35.5. The topological polar surface area (TPSA) is 49.3 Å². The number of amides is 1. The van der Waals surface area contributed by atoms with Crippen LogP contribution in [-0.4, -0.2) is 24.2 Å². The summed E-state index contributed by atoms with van der Waals surface area (Å²) in [5.74, 6) is -1.04. The van der Waals surface area contributed by atoms with Gasteiger partial charge in [-0.2, -0.15) is 0 Å². The zero-order valence-electron chi connectivity index (χ0n) is 10.1. The number of hydrogen-bond acceptors (Lipinski definition) is 2. The monoisotopic (exact) mass is 273 g/mol. The standard InChI is InChI=1S/C13H17ClFNO2/c14-10-5-6-11(12(15)9-10)13(18)16-7-3-1-2-4-8-17/h5-6,9,17H,1-4,7-8H2,(H,16,18). The van der Waals surface area contributed by atoms with Gasteiger partial charge in [-0.05, 0) is 31.0 Å². The summed E-state index contributed by atoms with van der Waals surface area (Å²) in [5, 5.41) is 11.5. The molecule has 2 N–H and O–H groups in total. The normalized spacial score (nSPS) is 10.4. The number of aliphatic hydroxyl groups is 1. The molecule has 0 aliphatic carbocycles. The van der Waals surface area contributed by atoms with Crippen LogP contribution in [0, 0.1) is 5.82 Å². The van der Waals surface area contributed by atoms with Crippen LogP contribution in [0.3, 0.4) is 0 Å². The van der Waals surface area contributed by atoms with E-state index in [1.54, 1.807) is 0 Å². The summed E-state index contributed by atoms with van der Waals surface area (Å²) in [6.45, 7) is 0.703. The van der Waals surface area contributed by atoms with Crippen molar-refractivity contribution in [3.05, 3.63) is 34.6 Å². The summed E-state index contributed by atoms with van der Waals surface area (Å²) in [6, 6.07) is 3.98. The maximum absolute atomic E-state index is 13.4. The highest BCUT2D eigenvalue weighted by molar-refractivity contribution is 6.30. The average molecular weight is 274 g/mol. The Balaban J connectivity index is 2.32. The fourth-order valence-corrected chi connectivity index (χ4v) is 1.72. The van der Waals surface area contributed by atoms with Crippen LogP contribution in [0.4, 0.5) is 4.39 Å². The zero-order valence-corrected chi connectivity index (χ0v) is 10.8. The Labute approximate surface area is 111 Å². The highest BCUT2D eigenvalue weighted by Gasteiger charge is 2.10. The van der Waals surface area contributed by atoms with Crippen LogP contribution in [0.5, 0.6) is 0 Å². The molecule has 0 spiro atoms. The van der Waals surface area contributed by atoms with Crippen molar-refractivity contribution in [3.63, 3.8) is 0 Å². The summed E-state index contributed by atoms with van der Waals surface area (Å²) in [7, 11) is 0. The van der Waals surface area contributed by atoms with Crippen LogP contribution < -0.4 is 5.32 Å². The Bertz CT molecular complexity index is 399. The van der Waals surface area contributed by atoms with Gasteiger partial charge >= 0.3 is 0 Å². The van der Waals surface area contributed by atoms with Crippen LogP contribution in [-0.2, 0) is 0 Å². The minimum absolute atomic E-state index is 0.00904. The lowest BCUT2D eigenvalue weighted by molar-refractivity contribution is 0.0949. The van der Waals surface area contributed by atoms with E-state index in [0.29, 0.717) is 6.54 Å². The van der Waals surface area contributed by atoms with E-state index in [2.05, 4.69) is 5.32 Å². The number of aliphatic hydroxyl groups excluding tert-OH is 1. The molecule has 0 bridgehead atoms. The maximum atomic E-state index is 13.4.